The molecule has 1 saturated carbocycles. The molecule has 1 atom stereocenters. The summed E-state index contributed by atoms with van der Waals surface area (Å²) in [4.78, 5) is 23.6. The number of carbonyl (C=O) groups is 2. The second-order valence-corrected chi connectivity index (χ2v) is 8.37. The molecule has 0 spiro atoms. The zero-order chi connectivity index (χ0) is 19.8. The van der Waals surface area contributed by atoms with Crippen LogP contribution in [0.3, 0.4) is 0 Å². The molecule has 1 amide bonds. The van der Waals surface area contributed by atoms with Crippen LogP contribution in [0.5, 0.6) is 0 Å². The lowest BCUT2D eigenvalue weighted by Crippen LogP contribution is -2.44. The van der Waals surface area contributed by atoms with Crippen molar-refractivity contribution < 1.29 is 14.7 Å². The van der Waals surface area contributed by atoms with Crippen molar-refractivity contribution in [2.45, 2.75) is 84.1 Å². The second-order valence-electron chi connectivity index (χ2n) is 8.37. The van der Waals surface area contributed by atoms with Crippen molar-refractivity contribution in [3.05, 3.63) is 35.4 Å². The molecule has 1 fully saturated rings. The maximum Gasteiger partial charge on any atom is 0.326 e. The van der Waals surface area contributed by atoms with Gasteiger partial charge in [0.25, 0.3) is 5.91 Å². The van der Waals surface area contributed by atoms with E-state index in [0.29, 0.717) is 11.5 Å². The van der Waals surface area contributed by atoms with Crippen LogP contribution in [0.25, 0.3) is 0 Å². The molecule has 0 bridgehead atoms. The van der Waals surface area contributed by atoms with E-state index in [1.54, 1.807) is 13.8 Å². The summed E-state index contributed by atoms with van der Waals surface area (Å²) in [5.41, 5.74) is 1.83. The lowest BCUT2D eigenvalue weighted by atomic mass is 9.77. The van der Waals surface area contributed by atoms with Crippen LogP contribution in [0, 0.1) is 11.8 Å². The number of benzene rings is 1. The summed E-state index contributed by atoms with van der Waals surface area (Å²) in [6, 6.07) is 6.89. The van der Waals surface area contributed by atoms with E-state index >= 15 is 0 Å². The number of carboxylic acids is 1. The zero-order valence-corrected chi connectivity index (χ0v) is 17.0. The second kappa shape index (κ2) is 10.5. The van der Waals surface area contributed by atoms with E-state index in [1.165, 1.54) is 56.9 Å². The van der Waals surface area contributed by atoms with Crippen molar-refractivity contribution in [1.82, 2.24) is 5.32 Å². The third-order valence-corrected chi connectivity index (χ3v) is 5.93. The summed E-state index contributed by atoms with van der Waals surface area (Å²) in [5, 5.41) is 11.9. The third-order valence-electron chi connectivity index (χ3n) is 5.93. The fraction of sp³-hybridized carbons (Fsp3) is 0.652. The van der Waals surface area contributed by atoms with Crippen molar-refractivity contribution >= 4 is 11.9 Å². The molecule has 1 unspecified atom stereocenters. The van der Waals surface area contributed by atoms with Gasteiger partial charge in [0.05, 0.1) is 0 Å². The van der Waals surface area contributed by atoms with Gasteiger partial charge in [0, 0.05) is 5.56 Å². The largest absolute Gasteiger partial charge is 0.480 e. The molecule has 27 heavy (non-hydrogen) atoms. The molecule has 4 nitrogen and oxygen atoms in total. The highest BCUT2D eigenvalue weighted by molar-refractivity contribution is 5.96. The summed E-state index contributed by atoms with van der Waals surface area (Å²) in [6.45, 7) is 5.84. The SMILES string of the molecule is CCCCCC1CCC(c2ccc(C(=O)NC(C(=O)O)C(C)C)cc2)CC1. The molecular formula is C23H35NO3. The van der Waals surface area contributed by atoms with Crippen LogP contribution in [-0.4, -0.2) is 23.0 Å². The monoisotopic (exact) mass is 373 g/mol. The topological polar surface area (TPSA) is 66.4 Å². The van der Waals surface area contributed by atoms with Crippen LogP contribution < -0.4 is 5.32 Å². The normalized spacial score (nSPS) is 21.0. The van der Waals surface area contributed by atoms with Gasteiger partial charge in [-0.15, -0.1) is 0 Å². The van der Waals surface area contributed by atoms with Crippen molar-refractivity contribution in [2.24, 2.45) is 11.8 Å². The van der Waals surface area contributed by atoms with Crippen molar-refractivity contribution in [1.29, 1.82) is 0 Å². The van der Waals surface area contributed by atoms with Crippen LogP contribution in [0.2, 0.25) is 0 Å². The van der Waals surface area contributed by atoms with Crippen LogP contribution >= 0.6 is 0 Å². The Hall–Kier alpha value is -1.84. The van der Waals surface area contributed by atoms with Crippen molar-refractivity contribution in [2.75, 3.05) is 0 Å². The number of carbonyl (C=O) groups excluding carboxylic acids is 1. The fourth-order valence-corrected chi connectivity index (χ4v) is 4.11. The van der Waals surface area contributed by atoms with E-state index < -0.39 is 12.0 Å². The first-order valence-electron chi connectivity index (χ1n) is 10.6. The predicted molar refractivity (Wildman–Crippen MR) is 109 cm³/mol. The van der Waals surface area contributed by atoms with Gasteiger partial charge in [0.15, 0.2) is 0 Å². The molecule has 4 heteroatoms. The highest BCUT2D eigenvalue weighted by Crippen LogP contribution is 2.37. The van der Waals surface area contributed by atoms with E-state index in [9.17, 15) is 14.7 Å². The fourth-order valence-electron chi connectivity index (χ4n) is 4.11. The molecule has 1 aliphatic rings. The lowest BCUT2D eigenvalue weighted by Gasteiger charge is -2.29. The predicted octanol–water partition coefficient (Wildman–Crippen LogP) is 5.38. The zero-order valence-electron chi connectivity index (χ0n) is 17.0. The summed E-state index contributed by atoms with van der Waals surface area (Å²) >= 11 is 0. The van der Waals surface area contributed by atoms with E-state index in [4.69, 9.17) is 0 Å². The van der Waals surface area contributed by atoms with Gasteiger partial charge in [-0.2, -0.15) is 0 Å². The Morgan fingerprint density at radius 3 is 2.22 bits per heavy atom. The Morgan fingerprint density at radius 1 is 1.07 bits per heavy atom. The number of aliphatic carboxylic acids is 1. The number of hydrogen-bond acceptors (Lipinski definition) is 2. The standard InChI is InChI=1S/C23H35NO3/c1-4-5-6-7-17-8-10-18(11-9-17)19-12-14-20(15-13-19)22(25)24-21(16(2)3)23(26)27/h12-18,21H,4-11H2,1-3H3,(H,24,25)(H,26,27). The summed E-state index contributed by atoms with van der Waals surface area (Å²) < 4.78 is 0. The minimum atomic E-state index is -0.995. The summed E-state index contributed by atoms with van der Waals surface area (Å²) in [5.74, 6) is 0.0139. The lowest BCUT2D eigenvalue weighted by molar-refractivity contribution is -0.140. The van der Waals surface area contributed by atoms with Crippen molar-refractivity contribution in [3.63, 3.8) is 0 Å². The molecule has 150 valence electrons. The van der Waals surface area contributed by atoms with Gasteiger partial charge in [-0.1, -0.05) is 58.6 Å². The van der Waals surface area contributed by atoms with E-state index in [2.05, 4.69) is 12.2 Å². The van der Waals surface area contributed by atoms with Crippen LogP contribution in [0.4, 0.5) is 0 Å². The van der Waals surface area contributed by atoms with Gasteiger partial charge in [-0.3, -0.25) is 4.79 Å². The molecule has 0 heterocycles. The number of carboxylic acid groups (broad SMARTS) is 1. The van der Waals surface area contributed by atoms with Gasteiger partial charge in [0.1, 0.15) is 6.04 Å². The minimum absolute atomic E-state index is 0.154. The Balaban J connectivity index is 1.88. The van der Waals surface area contributed by atoms with Gasteiger partial charge in [-0.25, -0.2) is 4.79 Å². The third kappa shape index (κ3) is 6.37. The van der Waals surface area contributed by atoms with Crippen LogP contribution in [0.1, 0.15) is 94.0 Å². The molecule has 1 aromatic rings. The maximum atomic E-state index is 12.3. The Kier molecular flexibility index (Phi) is 8.33. The maximum absolute atomic E-state index is 12.3. The first-order valence-corrected chi connectivity index (χ1v) is 10.6. The summed E-state index contributed by atoms with van der Waals surface area (Å²) in [6.07, 6.45) is 10.5. The Labute approximate surface area is 163 Å². The molecule has 2 N–H and O–H groups in total. The average molecular weight is 374 g/mol. The first-order chi connectivity index (χ1) is 12.9. The number of hydrogen-bond donors (Lipinski definition) is 2. The molecule has 0 aliphatic heterocycles. The number of rotatable bonds is 9. The Morgan fingerprint density at radius 2 is 1.70 bits per heavy atom. The van der Waals surface area contributed by atoms with E-state index in [-0.39, 0.29) is 11.8 Å². The molecule has 1 aromatic carbocycles. The summed E-state index contributed by atoms with van der Waals surface area (Å²) in [7, 11) is 0. The molecule has 0 saturated heterocycles. The average Bonchev–Trinajstić information content (AvgIpc) is 2.66. The van der Waals surface area contributed by atoms with Crippen LogP contribution in [0.15, 0.2) is 24.3 Å². The molecule has 1 aliphatic carbocycles. The molecule has 0 radical (unpaired) electrons. The van der Waals surface area contributed by atoms with Gasteiger partial charge in [0.2, 0.25) is 0 Å². The molecular weight excluding hydrogens is 338 g/mol. The number of unbranched alkanes of at least 4 members (excludes halogenated alkanes) is 2. The van der Waals surface area contributed by atoms with Gasteiger partial charge < -0.3 is 10.4 Å². The highest BCUT2D eigenvalue weighted by atomic mass is 16.4. The van der Waals surface area contributed by atoms with Crippen LogP contribution in [-0.2, 0) is 4.79 Å². The molecule has 0 aromatic heterocycles. The van der Waals surface area contributed by atoms with E-state index in [0.717, 1.165) is 5.92 Å². The number of amides is 1. The quantitative estimate of drug-likeness (QED) is 0.571. The Bertz CT molecular complexity index is 601. The van der Waals surface area contributed by atoms with Gasteiger partial charge >= 0.3 is 5.97 Å². The minimum Gasteiger partial charge on any atom is -0.480 e. The first kappa shape index (κ1) is 21.5. The van der Waals surface area contributed by atoms with E-state index in [1.807, 2.05) is 24.3 Å². The molecule has 2 rings (SSSR count). The highest BCUT2D eigenvalue weighted by Gasteiger charge is 2.25. The smallest absolute Gasteiger partial charge is 0.326 e. The van der Waals surface area contributed by atoms with Crippen molar-refractivity contribution in [3.8, 4) is 0 Å². The number of nitrogens with one attached hydrogen (secondary N) is 1. The van der Waals surface area contributed by atoms with Gasteiger partial charge in [-0.05, 0) is 61.1 Å².